The molecule has 5 heteroatoms. The molecule has 0 amide bonds. The standard InChI is InChI=1S/C20H23N3O2/c24-18-14-5-1-3-7-16(14)21-19(22-18)23-11-9-20(10-12-23)13-25-17-8-4-2-6-15(17)20/h2,4,6,8H,1,3,5,7,9-13H2,(H,21,22,24). The van der Waals surface area contributed by atoms with Gasteiger partial charge in [0, 0.05) is 29.6 Å². The van der Waals surface area contributed by atoms with Gasteiger partial charge in [0.1, 0.15) is 5.75 Å². The molecule has 2 aromatic rings. The fourth-order valence-corrected chi connectivity index (χ4v) is 4.62. The first-order chi connectivity index (χ1) is 12.3. The summed E-state index contributed by atoms with van der Waals surface area (Å²) in [6, 6.07) is 8.41. The fraction of sp³-hybridized carbons (Fsp3) is 0.500. The lowest BCUT2D eigenvalue weighted by atomic mass is 9.74. The third-order valence-electron chi connectivity index (χ3n) is 6.16. The molecule has 25 heavy (non-hydrogen) atoms. The Kier molecular flexibility index (Phi) is 3.37. The highest BCUT2D eigenvalue weighted by atomic mass is 16.5. The zero-order chi connectivity index (χ0) is 16.9. The lowest BCUT2D eigenvalue weighted by molar-refractivity contribution is 0.229. The number of ether oxygens (including phenoxy) is 1. The zero-order valence-electron chi connectivity index (χ0n) is 14.4. The van der Waals surface area contributed by atoms with Crippen molar-refractivity contribution in [3.05, 3.63) is 51.4 Å². The monoisotopic (exact) mass is 337 g/mol. The molecular weight excluding hydrogens is 314 g/mol. The van der Waals surface area contributed by atoms with E-state index in [0.717, 1.165) is 81.2 Å². The normalized spacial score (nSPS) is 20.9. The molecule has 1 aliphatic carbocycles. The van der Waals surface area contributed by atoms with E-state index in [1.54, 1.807) is 0 Å². The van der Waals surface area contributed by atoms with Crippen LogP contribution < -0.4 is 15.2 Å². The van der Waals surface area contributed by atoms with Crippen LogP contribution in [0.15, 0.2) is 29.1 Å². The van der Waals surface area contributed by atoms with E-state index < -0.39 is 0 Å². The van der Waals surface area contributed by atoms with Gasteiger partial charge in [-0.1, -0.05) is 18.2 Å². The largest absolute Gasteiger partial charge is 0.492 e. The minimum atomic E-state index is 0.0644. The number of aromatic amines is 1. The molecule has 3 heterocycles. The summed E-state index contributed by atoms with van der Waals surface area (Å²) < 4.78 is 5.93. The predicted molar refractivity (Wildman–Crippen MR) is 96.6 cm³/mol. The highest BCUT2D eigenvalue weighted by molar-refractivity contribution is 5.45. The molecule has 0 atom stereocenters. The summed E-state index contributed by atoms with van der Waals surface area (Å²) in [5.74, 6) is 1.80. The van der Waals surface area contributed by atoms with Crippen LogP contribution in [-0.2, 0) is 18.3 Å². The van der Waals surface area contributed by atoms with Gasteiger partial charge in [0.15, 0.2) is 0 Å². The van der Waals surface area contributed by atoms with Crippen LogP contribution in [0.3, 0.4) is 0 Å². The van der Waals surface area contributed by atoms with Gasteiger partial charge < -0.3 is 9.64 Å². The summed E-state index contributed by atoms with van der Waals surface area (Å²) in [6.07, 6.45) is 6.11. The van der Waals surface area contributed by atoms with Crippen molar-refractivity contribution in [2.24, 2.45) is 0 Å². The Labute approximate surface area is 147 Å². The summed E-state index contributed by atoms with van der Waals surface area (Å²) in [4.78, 5) is 22.5. The average molecular weight is 337 g/mol. The number of benzene rings is 1. The number of aryl methyl sites for hydroxylation is 1. The number of hydrogen-bond donors (Lipinski definition) is 1. The summed E-state index contributed by atoms with van der Waals surface area (Å²) >= 11 is 0. The zero-order valence-corrected chi connectivity index (χ0v) is 14.4. The van der Waals surface area contributed by atoms with E-state index in [2.05, 4.69) is 28.1 Å². The van der Waals surface area contributed by atoms with Crippen LogP contribution in [0.2, 0.25) is 0 Å². The molecule has 3 aliphatic rings. The maximum Gasteiger partial charge on any atom is 0.255 e. The van der Waals surface area contributed by atoms with Gasteiger partial charge in [0.25, 0.3) is 5.56 Å². The molecule has 5 nitrogen and oxygen atoms in total. The van der Waals surface area contributed by atoms with Crippen molar-refractivity contribution in [2.45, 2.75) is 43.9 Å². The molecule has 1 saturated heterocycles. The number of anilines is 1. The van der Waals surface area contributed by atoms with Gasteiger partial charge in [-0.15, -0.1) is 0 Å². The molecule has 1 fully saturated rings. The van der Waals surface area contributed by atoms with Crippen molar-refractivity contribution in [1.29, 1.82) is 0 Å². The van der Waals surface area contributed by atoms with Gasteiger partial charge in [-0.2, -0.15) is 0 Å². The second kappa shape index (κ2) is 5.61. The van der Waals surface area contributed by atoms with Crippen LogP contribution in [0, 0.1) is 0 Å². The van der Waals surface area contributed by atoms with Crippen LogP contribution in [0.5, 0.6) is 5.75 Å². The summed E-state index contributed by atoms with van der Waals surface area (Å²) in [6.45, 7) is 2.58. The number of nitrogens with zero attached hydrogens (tertiary/aromatic N) is 2. The quantitative estimate of drug-likeness (QED) is 0.869. The predicted octanol–water partition coefficient (Wildman–Crippen LogP) is 2.58. The van der Waals surface area contributed by atoms with Crippen molar-refractivity contribution >= 4 is 5.95 Å². The Balaban J connectivity index is 1.40. The molecule has 1 spiro atoms. The Bertz CT molecular complexity index is 865. The van der Waals surface area contributed by atoms with Gasteiger partial charge >= 0.3 is 0 Å². The first kappa shape index (κ1) is 15.0. The maximum absolute atomic E-state index is 12.4. The van der Waals surface area contributed by atoms with Crippen molar-refractivity contribution in [3.8, 4) is 5.75 Å². The minimum absolute atomic E-state index is 0.0644. The SMILES string of the molecule is O=c1[nH]c(N2CCC3(CC2)COc2ccccc23)nc2c1CCCC2. The van der Waals surface area contributed by atoms with E-state index in [9.17, 15) is 4.79 Å². The van der Waals surface area contributed by atoms with Crippen LogP contribution in [0.1, 0.15) is 42.5 Å². The van der Waals surface area contributed by atoms with Crippen molar-refractivity contribution in [1.82, 2.24) is 9.97 Å². The van der Waals surface area contributed by atoms with Crippen molar-refractivity contribution in [2.75, 3.05) is 24.6 Å². The van der Waals surface area contributed by atoms with Gasteiger partial charge in [-0.05, 0) is 44.6 Å². The third-order valence-corrected chi connectivity index (χ3v) is 6.16. The van der Waals surface area contributed by atoms with Crippen molar-refractivity contribution in [3.63, 3.8) is 0 Å². The van der Waals surface area contributed by atoms with E-state index in [-0.39, 0.29) is 11.0 Å². The maximum atomic E-state index is 12.4. The van der Waals surface area contributed by atoms with Crippen molar-refractivity contribution < 1.29 is 4.74 Å². The Hall–Kier alpha value is -2.30. The van der Waals surface area contributed by atoms with Gasteiger partial charge in [0.05, 0.1) is 12.3 Å². The lowest BCUT2D eigenvalue weighted by Crippen LogP contribution is -2.45. The van der Waals surface area contributed by atoms with Gasteiger partial charge in [-0.25, -0.2) is 4.98 Å². The highest BCUT2D eigenvalue weighted by Crippen LogP contribution is 2.45. The number of H-pyrrole nitrogens is 1. The van der Waals surface area contributed by atoms with Gasteiger partial charge in [-0.3, -0.25) is 9.78 Å². The number of para-hydroxylation sites is 1. The molecule has 130 valence electrons. The molecule has 2 aliphatic heterocycles. The van der Waals surface area contributed by atoms with E-state index in [1.807, 2.05) is 6.07 Å². The fourth-order valence-electron chi connectivity index (χ4n) is 4.62. The topological polar surface area (TPSA) is 58.2 Å². The molecule has 0 unspecified atom stereocenters. The Morgan fingerprint density at radius 3 is 2.80 bits per heavy atom. The molecule has 0 radical (unpaired) electrons. The average Bonchev–Trinajstić information content (AvgIpc) is 3.01. The number of aromatic nitrogens is 2. The second-order valence-electron chi connectivity index (χ2n) is 7.57. The van der Waals surface area contributed by atoms with Crippen LogP contribution in [0.25, 0.3) is 0 Å². The second-order valence-corrected chi connectivity index (χ2v) is 7.57. The Morgan fingerprint density at radius 1 is 1.12 bits per heavy atom. The van der Waals surface area contributed by atoms with E-state index in [4.69, 9.17) is 9.72 Å². The number of hydrogen-bond acceptors (Lipinski definition) is 4. The van der Waals surface area contributed by atoms with Gasteiger partial charge in [0.2, 0.25) is 5.95 Å². The summed E-state index contributed by atoms with van der Waals surface area (Å²) in [5, 5.41) is 0. The highest BCUT2D eigenvalue weighted by Gasteiger charge is 2.43. The van der Waals surface area contributed by atoms with Crippen LogP contribution in [-0.4, -0.2) is 29.7 Å². The third kappa shape index (κ3) is 2.36. The van der Waals surface area contributed by atoms with Crippen LogP contribution >= 0.6 is 0 Å². The first-order valence-electron chi connectivity index (χ1n) is 9.35. The molecular formula is C20H23N3O2. The molecule has 5 rings (SSSR count). The van der Waals surface area contributed by atoms with E-state index in [0.29, 0.717) is 0 Å². The molecule has 0 saturated carbocycles. The number of rotatable bonds is 1. The van der Waals surface area contributed by atoms with E-state index in [1.165, 1.54) is 5.56 Å². The smallest absolute Gasteiger partial charge is 0.255 e. The van der Waals surface area contributed by atoms with Crippen LogP contribution in [0.4, 0.5) is 5.95 Å². The number of fused-ring (bicyclic) bond motifs is 3. The molecule has 0 bridgehead atoms. The summed E-state index contributed by atoms with van der Waals surface area (Å²) in [5.41, 5.74) is 3.46. The molecule has 1 aromatic carbocycles. The minimum Gasteiger partial charge on any atom is -0.492 e. The molecule has 1 aromatic heterocycles. The van der Waals surface area contributed by atoms with E-state index >= 15 is 0 Å². The number of nitrogens with one attached hydrogen (secondary N) is 1. The Morgan fingerprint density at radius 2 is 1.92 bits per heavy atom. The summed E-state index contributed by atoms with van der Waals surface area (Å²) in [7, 11) is 0. The lowest BCUT2D eigenvalue weighted by Gasteiger charge is -2.39. The number of piperidine rings is 1. The molecule has 1 N–H and O–H groups in total. The first-order valence-corrected chi connectivity index (χ1v) is 9.35.